The second kappa shape index (κ2) is 7.32. The molecule has 2 aromatic rings. The number of nitrogens with one attached hydrogen (secondary N) is 1. The summed E-state index contributed by atoms with van der Waals surface area (Å²) in [6.45, 7) is 3.34. The van der Waals surface area contributed by atoms with Gasteiger partial charge >= 0.3 is 5.00 Å². The minimum Gasteiger partial charge on any atom is -0.354 e. The second-order valence-electron chi connectivity index (χ2n) is 5.26. The van der Waals surface area contributed by atoms with E-state index in [-0.39, 0.29) is 22.6 Å². The second-order valence-corrected chi connectivity index (χ2v) is 6.27. The molecule has 0 spiro atoms. The Morgan fingerprint density at radius 1 is 1.29 bits per heavy atom. The molecule has 0 unspecified atom stereocenters. The van der Waals surface area contributed by atoms with Gasteiger partial charge in [-0.25, -0.2) is 9.97 Å². The van der Waals surface area contributed by atoms with Crippen LogP contribution in [0.2, 0.25) is 0 Å². The molecule has 0 atom stereocenters. The molecule has 1 N–H and O–H groups in total. The predicted octanol–water partition coefficient (Wildman–Crippen LogP) is 1.21. The molecule has 0 aromatic carbocycles. The zero-order valence-electron chi connectivity index (χ0n) is 12.8. The Morgan fingerprint density at radius 3 is 2.71 bits per heavy atom. The van der Waals surface area contributed by atoms with Gasteiger partial charge in [-0.3, -0.25) is 19.8 Å². The molecule has 0 bridgehead atoms. The molecule has 2 aromatic heterocycles. The summed E-state index contributed by atoms with van der Waals surface area (Å²) in [7, 11) is 0. The number of rotatable bonds is 5. The van der Waals surface area contributed by atoms with E-state index in [9.17, 15) is 14.9 Å². The number of nitro groups is 1. The molecule has 1 fully saturated rings. The summed E-state index contributed by atoms with van der Waals surface area (Å²) < 4.78 is 0. The topological polar surface area (TPSA) is 104 Å². The number of amides is 1. The lowest BCUT2D eigenvalue weighted by atomic mass is 10.3. The highest BCUT2D eigenvalue weighted by molar-refractivity contribution is 7.18. The van der Waals surface area contributed by atoms with Crippen LogP contribution in [0.3, 0.4) is 0 Å². The Balaban J connectivity index is 1.47. The standard InChI is InChI=1S/C14H16N6O3S/c21-12(17-14-16-9-13(24-14)20(22)23)10-18-5-7-19(8-6-18)11-3-1-2-4-15-11/h1-4,9H,5-8,10H2,(H,16,17,21). The van der Waals surface area contributed by atoms with Crippen LogP contribution in [-0.2, 0) is 4.79 Å². The van der Waals surface area contributed by atoms with Crippen molar-refractivity contribution < 1.29 is 9.72 Å². The average Bonchev–Trinajstić information content (AvgIpc) is 3.05. The molecule has 126 valence electrons. The Morgan fingerprint density at radius 2 is 2.08 bits per heavy atom. The van der Waals surface area contributed by atoms with Gasteiger partial charge in [0.15, 0.2) is 5.13 Å². The van der Waals surface area contributed by atoms with Gasteiger partial charge in [0.25, 0.3) is 0 Å². The van der Waals surface area contributed by atoms with Gasteiger partial charge in [0.2, 0.25) is 5.91 Å². The summed E-state index contributed by atoms with van der Waals surface area (Å²) in [4.78, 5) is 34.5. The minimum atomic E-state index is -0.524. The summed E-state index contributed by atoms with van der Waals surface area (Å²) in [5, 5.41) is 13.4. The molecule has 1 aliphatic rings. The fourth-order valence-corrected chi connectivity index (χ4v) is 3.09. The van der Waals surface area contributed by atoms with Crippen LogP contribution in [0.25, 0.3) is 0 Å². The number of anilines is 2. The van der Waals surface area contributed by atoms with Crippen molar-refractivity contribution in [3.63, 3.8) is 0 Å². The van der Waals surface area contributed by atoms with E-state index in [0.717, 1.165) is 49.5 Å². The Bertz CT molecular complexity index is 714. The predicted molar refractivity (Wildman–Crippen MR) is 90.3 cm³/mol. The van der Waals surface area contributed by atoms with Gasteiger partial charge in [-0.1, -0.05) is 6.07 Å². The maximum Gasteiger partial charge on any atom is 0.345 e. The molecule has 0 radical (unpaired) electrons. The summed E-state index contributed by atoms with van der Waals surface area (Å²) in [6.07, 6.45) is 2.91. The third-order valence-electron chi connectivity index (χ3n) is 3.63. The average molecular weight is 348 g/mol. The fourth-order valence-electron chi connectivity index (χ4n) is 2.45. The van der Waals surface area contributed by atoms with E-state index in [0.29, 0.717) is 0 Å². The lowest BCUT2D eigenvalue weighted by Gasteiger charge is -2.34. The van der Waals surface area contributed by atoms with Crippen molar-refractivity contribution >= 4 is 33.2 Å². The minimum absolute atomic E-state index is 0.0886. The van der Waals surface area contributed by atoms with E-state index in [1.54, 1.807) is 6.20 Å². The van der Waals surface area contributed by atoms with E-state index in [4.69, 9.17) is 0 Å². The molecular weight excluding hydrogens is 332 g/mol. The third-order valence-corrected chi connectivity index (χ3v) is 4.50. The smallest absolute Gasteiger partial charge is 0.345 e. The first-order valence-electron chi connectivity index (χ1n) is 7.40. The Hall–Kier alpha value is -2.59. The molecule has 3 rings (SSSR count). The first-order valence-corrected chi connectivity index (χ1v) is 8.22. The van der Waals surface area contributed by atoms with Crippen molar-refractivity contribution in [2.75, 3.05) is 42.9 Å². The number of aromatic nitrogens is 2. The van der Waals surface area contributed by atoms with E-state index in [1.807, 2.05) is 23.1 Å². The first-order chi connectivity index (χ1) is 11.6. The number of hydrogen-bond donors (Lipinski definition) is 1. The number of nitrogens with zero attached hydrogens (tertiary/aromatic N) is 5. The van der Waals surface area contributed by atoms with Gasteiger partial charge < -0.3 is 10.2 Å². The van der Waals surface area contributed by atoms with Crippen molar-refractivity contribution in [3.8, 4) is 0 Å². The molecule has 1 saturated heterocycles. The molecule has 24 heavy (non-hydrogen) atoms. The maximum atomic E-state index is 12.0. The molecule has 0 aliphatic carbocycles. The lowest BCUT2D eigenvalue weighted by molar-refractivity contribution is -0.380. The van der Waals surface area contributed by atoms with E-state index in [1.165, 1.54) is 0 Å². The molecular formula is C14H16N6O3S. The SMILES string of the molecule is O=C(CN1CCN(c2ccccn2)CC1)Nc1ncc([N+](=O)[O-])s1. The largest absolute Gasteiger partial charge is 0.354 e. The van der Waals surface area contributed by atoms with Crippen LogP contribution in [0.15, 0.2) is 30.6 Å². The first kappa shape index (κ1) is 16.3. The van der Waals surface area contributed by atoms with Crippen LogP contribution in [-0.4, -0.2) is 58.4 Å². The van der Waals surface area contributed by atoms with Crippen LogP contribution in [0.1, 0.15) is 0 Å². The molecule has 9 nitrogen and oxygen atoms in total. The summed E-state index contributed by atoms with van der Waals surface area (Å²) in [5.74, 6) is 0.724. The molecule has 1 aliphatic heterocycles. The maximum absolute atomic E-state index is 12.0. The van der Waals surface area contributed by atoms with E-state index < -0.39 is 4.92 Å². The highest BCUT2D eigenvalue weighted by Gasteiger charge is 2.20. The van der Waals surface area contributed by atoms with Crippen molar-refractivity contribution in [1.29, 1.82) is 0 Å². The highest BCUT2D eigenvalue weighted by Crippen LogP contribution is 2.24. The van der Waals surface area contributed by atoms with E-state index >= 15 is 0 Å². The van der Waals surface area contributed by atoms with E-state index in [2.05, 4.69) is 20.2 Å². The number of piperazine rings is 1. The van der Waals surface area contributed by atoms with Gasteiger partial charge in [-0.15, -0.1) is 0 Å². The monoisotopic (exact) mass is 348 g/mol. The molecule has 0 saturated carbocycles. The lowest BCUT2D eigenvalue weighted by Crippen LogP contribution is -2.48. The highest BCUT2D eigenvalue weighted by atomic mass is 32.1. The van der Waals surface area contributed by atoms with Crippen LogP contribution in [0.4, 0.5) is 16.0 Å². The molecule has 10 heteroatoms. The van der Waals surface area contributed by atoms with Gasteiger partial charge in [0, 0.05) is 32.4 Å². The summed E-state index contributed by atoms with van der Waals surface area (Å²) >= 11 is 0.852. The Labute approximate surface area is 142 Å². The zero-order chi connectivity index (χ0) is 16.9. The van der Waals surface area contributed by atoms with Gasteiger partial charge in [0.1, 0.15) is 12.0 Å². The molecule has 3 heterocycles. The summed E-state index contributed by atoms with van der Waals surface area (Å²) in [5.41, 5.74) is 0. The van der Waals surface area contributed by atoms with Crippen LogP contribution in [0.5, 0.6) is 0 Å². The van der Waals surface area contributed by atoms with Crippen molar-refractivity contribution in [2.24, 2.45) is 0 Å². The fraction of sp³-hybridized carbons (Fsp3) is 0.357. The van der Waals surface area contributed by atoms with Crippen molar-refractivity contribution in [3.05, 3.63) is 40.7 Å². The van der Waals surface area contributed by atoms with Crippen molar-refractivity contribution in [2.45, 2.75) is 0 Å². The quantitative estimate of drug-likeness (QED) is 0.639. The van der Waals surface area contributed by atoms with Gasteiger partial charge in [-0.2, -0.15) is 0 Å². The number of pyridine rings is 1. The van der Waals surface area contributed by atoms with Gasteiger partial charge in [0.05, 0.1) is 11.5 Å². The Kier molecular flexibility index (Phi) is 4.96. The third kappa shape index (κ3) is 4.03. The normalized spacial score (nSPS) is 15.2. The number of carbonyl (C=O) groups excluding carboxylic acids is 1. The van der Waals surface area contributed by atoms with Crippen LogP contribution >= 0.6 is 11.3 Å². The number of carbonyl (C=O) groups is 1. The van der Waals surface area contributed by atoms with Crippen LogP contribution in [0, 0.1) is 10.1 Å². The van der Waals surface area contributed by atoms with Crippen molar-refractivity contribution in [1.82, 2.24) is 14.9 Å². The zero-order valence-corrected chi connectivity index (χ0v) is 13.6. The molecule has 1 amide bonds. The van der Waals surface area contributed by atoms with Gasteiger partial charge in [-0.05, 0) is 23.5 Å². The number of thiazole rings is 1. The number of hydrogen-bond acceptors (Lipinski definition) is 8. The van der Waals surface area contributed by atoms with Crippen LogP contribution < -0.4 is 10.2 Å². The summed E-state index contributed by atoms with van der Waals surface area (Å²) in [6, 6.07) is 5.81.